The molecule has 2 saturated heterocycles. The lowest BCUT2D eigenvalue weighted by molar-refractivity contribution is 0.122. The highest BCUT2D eigenvalue weighted by atomic mass is 16.5. The third-order valence-electron chi connectivity index (χ3n) is 4.45. The predicted octanol–water partition coefficient (Wildman–Crippen LogP) is 2.46. The van der Waals surface area contributed by atoms with Crippen molar-refractivity contribution >= 4 is 5.82 Å². The number of hydrogen-bond donors (Lipinski definition) is 0. The quantitative estimate of drug-likeness (QED) is 0.847. The molecule has 4 nitrogen and oxygen atoms in total. The molecule has 0 radical (unpaired) electrons. The van der Waals surface area contributed by atoms with Crippen LogP contribution in [0.25, 0.3) is 0 Å². The molecule has 110 valence electrons. The van der Waals surface area contributed by atoms with Crippen molar-refractivity contribution in [2.75, 3.05) is 37.7 Å². The summed E-state index contributed by atoms with van der Waals surface area (Å²) in [6.07, 6.45) is 4.64. The van der Waals surface area contributed by atoms with E-state index < -0.39 is 0 Å². The summed E-state index contributed by atoms with van der Waals surface area (Å²) >= 11 is 0. The van der Waals surface area contributed by atoms with Crippen LogP contribution in [-0.4, -0.2) is 48.8 Å². The summed E-state index contributed by atoms with van der Waals surface area (Å²) in [7, 11) is 0. The highest BCUT2D eigenvalue weighted by Gasteiger charge is 2.28. The number of rotatable bonds is 3. The van der Waals surface area contributed by atoms with Crippen molar-refractivity contribution in [1.82, 2.24) is 9.88 Å². The first-order valence-electron chi connectivity index (χ1n) is 7.80. The smallest absolute Gasteiger partial charge is 0.128 e. The standard InChI is InChI=1S/C16H25N3O/c1-13(2)19-7-3-4-15(19)14-5-6-16(17-12-14)18-8-10-20-11-9-18/h5-6,12-13,15H,3-4,7-11H2,1-2H3. The molecule has 0 bridgehead atoms. The fourth-order valence-electron chi connectivity index (χ4n) is 3.34. The van der Waals surface area contributed by atoms with Crippen LogP contribution in [0.2, 0.25) is 0 Å². The molecule has 1 aromatic heterocycles. The van der Waals surface area contributed by atoms with E-state index in [1.165, 1.54) is 24.9 Å². The summed E-state index contributed by atoms with van der Waals surface area (Å²) in [5.74, 6) is 1.09. The fourth-order valence-corrected chi connectivity index (χ4v) is 3.34. The molecule has 3 heterocycles. The Morgan fingerprint density at radius 3 is 2.65 bits per heavy atom. The van der Waals surface area contributed by atoms with E-state index in [1.54, 1.807) is 0 Å². The van der Waals surface area contributed by atoms with Gasteiger partial charge in [0.1, 0.15) is 5.82 Å². The van der Waals surface area contributed by atoms with Crippen LogP contribution in [0, 0.1) is 0 Å². The van der Waals surface area contributed by atoms with E-state index >= 15 is 0 Å². The van der Waals surface area contributed by atoms with Crippen molar-refractivity contribution in [3.05, 3.63) is 23.9 Å². The zero-order valence-corrected chi connectivity index (χ0v) is 12.6. The Bertz CT molecular complexity index is 426. The van der Waals surface area contributed by atoms with Gasteiger partial charge in [-0.05, 0) is 44.9 Å². The van der Waals surface area contributed by atoms with Crippen LogP contribution in [-0.2, 0) is 4.74 Å². The first kappa shape index (κ1) is 13.8. The molecule has 1 unspecified atom stereocenters. The predicted molar refractivity (Wildman–Crippen MR) is 81.1 cm³/mol. The van der Waals surface area contributed by atoms with Crippen molar-refractivity contribution in [1.29, 1.82) is 0 Å². The molecular formula is C16H25N3O. The lowest BCUT2D eigenvalue weighted by Gasteiger charge is -2.30. The van der Waals surface area contributed by atoms with Gasteiger partial charge in [0.05, 0.1) is 13.2 Å². The Morgan fingerprint density at radius 1 is 1.20 bits per heavy atom. The van der Waals surface area contributed by atoms with E-state index in [0.717, 1.165) is 32.1 Å². The Morgan fingerprint density at radius 2 is 2.00 bits per heavy atom. The minimum absolute atomic E-state index is 0.557. The van der Waals surface area contributed by atoms with Crippen LogP contribution >= 0.6 is 0 Å². The minimum atomic E-state index is 0.557. The van der Waals surface area contributed by atoms with Crippen LogP contribution in [0.3, 0.4) is 0 Å². The average molecular weight is 275 g/mol. The fraction of sp³-hybridized carbons (Fsp3) is 0.688. The second-order valence-electron chi connectivity index (χ2n) is 6.04. The van der Waals surface area contributed by atoms with E-state index in [9.17, 15) is 0 Å². The number of morpholine rings is 1. The minimum Gasteiger partial charge on any atom is -0.378 e. The van der Waals surface area contributed by atoms with Crippen molar-refractivity contribution < 1.29 is 4.74 Å². The van der Waals surface area contributed by atoms with Gasteiger partial charge in [-0.15, -0.1) is 0 Å². The number of nitrogens with zero attached hydrogens (tertiary/aromatic N) is 3. The van der Waals surface area contributed by atoms with E-state index in [0.29, 0.717) is 12.1 Å². The van der Waals surface area contributed by atoms with Crippen LogP contribution in [0.1, 0.15) is 38.3 Å². The van der Waals surface area contributed by atoms with E-state index in [-0.39, 0.29) is 0 Å². The summed E-state index contributed by atoms with van der Waals surface area (Å²) in [5, 5.41) is 0. The topological polar surface area (TPSA) is 28.6 Å². The Balaban J connectivity index is 1.72. The summed E-state index contributed by atoms with van der Waals surface area (Å²) in [4.78, 5) is 9.58. The van der Waals surface area contributed by atoms with Crippen molar-refractivity contribution in [3.8, 4) is 0 Å². The van der Waals surface area contributed by atoms with Crippen molar-refractivity contribution in [2.24, 2.45) is 0 Å². The molecule has 0 spiro atoms. The Labute approximate surface area is 121 Å². The normalized spacial score (nSPS) is 24.6. The van der Waals surface area contributed by atoms with Gasteiger partial charge in [-0.3, -0.25) is 4.90 Å². The van der Waals surface area contributed by atoms with Gasteiger partial charge in [0.15, 0.2) is 0 Å². The van der Waals surface area contributed by atoms with Gasteiger partial charge in [0.25, 0.3) is 0 Å². The molecule has 0 amide bonds. The molecule has 2 fully saturated rings. The van der Waals surface area contributed by atoms with E-state index in [1.807, 2.05) is 0 Å². The molecule has 3 rings (SSSR count). The maximum Gasteiger partial charge on any atom is 0.128 e. The maximum absolute atomic E-state index is 5.39. The summed E-state index contributed by atoms with van der Waals surface area (Å²) in [6, 6.07) is 5.61. The number of aromatic nitrogens is 1. The van der Waals surface area contributed by atoms with E-state index in [4.69, 9.17) is 4.74 Å². The molecule has 1 aromatic rings. The SMILES string of the molecule is CC(C)N1CCCC1c1ccc(N2CCOCC2)nc1. The van der Waals surface area contributed by atoms with Gasteiger partial charge in [0, 0.05) is 31.4 Å². The number of hydrogen-bond acceptors (Lipinski definition) is 4. The largest absolute Gasteiger partial charge is 0.378 e. The zero-order valence-electron chi connectivity index (χ0n) is 12.6. The highest BCUT2D eigenvalue weighted by Crippen LogP contribution is 2.33. The lowest BCUT2D eigenvalue weighted by Crippen LogP contribution is -2.36. The Hall–Kier alpha value is -1.13. The average Bonchev–Trinajstić information content (AvgIpc) is 2.98. The molecule has 20 heavy (non-hydrogen) atoms. The second kappa shape index (κ2) is 6.10. The van der Waals surface area contributed by atoms with Gasteiger partial charge in [0.2, 0.25) is 0 Å². The molecule has 2 aliphatic heterocycles. The second-order valence-corrected chi connectivity index (χ2v) is 6.04. The van der Waals surface area contributed by atoms with Crippen molar-refractivity contribution in [2.45, 2.75) is 38.8 Å². The molecule has 0 aromatic carbocycles. The van der Waals surface area contributed by atoms with E-state index in [2.05, 4.69) is 47.0 Å². The molecule has 0 N–H and O–H groups in total. The monoisotopic (exact) mass is 275 g/mol. The van der Waals surface area contributed by atoms with Crippen LogP contribution < -0.4 is 4.90 Å². The van der Waals surface area contributed by atoms with Gasteiger partial charge < -0.3 is 9.64 Å². The first-order valence-corrected chi connectivity index (χ1v) is 7.80. The number of ether oxygens (including phenoxy) is 1. The summed E-state index contributed by atoms with van der Waals surface area (Å²) in [6.45, 7) is 9.32. The first-order chi connectivity index (χ1) is 9.75. The number of likely N-dealkylation sites (tertiary alicyclic amines) is 1. The summed E-state index contributed by atoms with van der Waals surface area (Å²) in [5.41, 5.74) is 1.37. The lowest BCUT2D eigenvalue weighted by atomic mass is 10.1. The van der Waals surface area contributed by atoms with Crippen LogP contribution in [0.15, 0.2) is 18.3 Å². The van der Waals surface area contributed by atoms with Gasteiger partial charge >= 0.3 is 0 Å². The molecule has 2 aliphatic rings. The van der Waals surface area contributed by atoms with Crippen LogP contribution in [0.5, 0.6) is 0 Å². The highest BCUT2D eigenvalue weighted by molar-refractivity contribution is 5.40. The molecule has 4 heteroatoms. The molecule has 0 saturated carbocycles. The third kappa shape index (κ3) is 2.81. The maximum atomic E-state index is 5.39. The van der Waals surface area contributed by atoms with Crippen molar-refractivity contribution in [3.63, 3.8) is 0 Å². The zero-order chi connectivity index (χ0) is 13.9. The van der Waals surface area contributed by atoms with Gasteiger partial charge in [-0.2, -0.15) is 0 Å². The summed E-state index contributed by atoms with van der Waals surface area (Å²) < 4.78 is 5.39. The van der Waals surface area contributed by atoms with Gasteiger partial charge in [-0.25, -0.2) is 4.98 Å². The molecular weight excluding hydrogens is 250 g/mol. The number of pyridine rings is 1. The molecule has 1 atom stereocenters. The number of anilines is 1. The van der Waals surface area contributed by atoms with Crippen LogP contribution in [0.4, 0.5) is 5.82 Å². The van der Waals surface area contributed by atoms with Gasteiger partial charge in [-0.1, -0.05) is 6.07 Å². The molecule has 0 aliphatic carbocycles. The third-order valence-corrected chi connectivity index (χ3v) is 4.45. The Kier molecular flexibility index (Phi) is 4.22.